The van der Waals surface area contributed by atoms with Crippen LogP contribution in [-0.4, -0.2) is 22.5 Å². The van der Waals surface area contributed by atoms with Crippen molar-refractivity contribution in [3.63, 3.8) is 0 Å². The maximum Gasteiger partial charge on any atom is 0.219 e. The molecule has 0 saturated carbocycles. The highest BCUT2D eigenvalue weighted by Crippen LogP contribution is 2.33. The van der Waals surface area contributed by atoms with Gasteiger partial charge >= 0.3 is 0 Å². The molecule has 4 heteroatoms. The molecule has 28 heavy (non-hydrogen) atoms. The van der Waals surface area contributed by atoms with Crippen LogP contribution in [0.3, 0.4) is 0 Å². The highest BCUT2D eigenvalue weighted by molar-refractivity contribution is 5.79. The number of carbonyl (C=O) groups is 1. The molecule has 2 aromatic carbocycles. The SMILES string of the molecule is CNC(=O)CCCCCCn1c(C)nc(-c2ccccc2)c1-c1ccccc1. The van der Waals surface area contributed by atoms with Crippen molar-refractivity contribution in [3.8, 4) is 22.5 Å². The molecule has 1 aromatic heterocycles. The van der Waals surface area contributed by atoms with Crippen LogP contribution < -0.4 is 5.32 Å². The van der Waals surface area contributed by atoms with Crippen molar-refractivity contribution in [1.82, 2.24) is 14.9 Å². The summed E-state index contributed by atoms with van der Waals surface area (Å²) in [6, 6.07) is 20.9. The molecule has 1 heterocycles. The summed E-state index contributed by atoms with van der Waals surface area (Å²) in [4.78, 5) is 16.2. The quantitative estimate of drug-likeness (QED) is 0.521. The Kier molecular flexibility index (Phi) is 7.01. The van der Waals surface area contributed by atoms with Crippen LogP contribution in [0.15, 0.2) is 60.7 Å². The van der Waals surface area contributed by atoms with E-state index in [0.29, 0.717) is 6.42 Å². The van der Waals surface area contributed by atoms with Gasteiger partial charge in [-0.3, -0.25) is 4.79 Å². The average Bonchev–Trinajstić information content (AvgIpc) is 3.07. The van der Waals surface area contributed by atoms with Gasteiger partial charge in [0, 0.05) is 31.1 Å². The van der Waals surface area contributed by atoms with Crippen molar-refractivity contribution < 1.29 is 4.79 Å². The number of aromatic nitrogens is 2. The fraction of sp³-hybridized carbons (Fsp3) is 0.333. The highest BCUT2D eigenvalue weighted by Gasteiger charge is 2.17. The zero-order chi connectivity index (χ0) is 19.8. The molecule has 0 radical (unpaired) electrons. The van der Waals surface area contributed by atoms with Crippen LogP contribution in [0.4, 0.5) is 0 Å². The van der Waals surface area contributed by atoms with Crippen molar-refractivity contribution in [2.24, 2.45) is 0 Å². The molecule has 0 saturated heterocycles. The predicted octanol–water partition coefficient (Wildman–Crippen LogP) is 5.22. The summed E-state index contributed by atoms with van der Waals surface area (Å²) in [6.07, 6.45) is 4.84. The number of rotatable bonds is 9. The standard InChI is InChI=1S/C24H29N3O/c1-19-26-23(20-13-7-5-8-14-20)24(21-15-9-6-10-16-21)27(19)18-12-4-3-11-17-22(28)25-2/h5-10,13-16H,3-4,11-12,17-18H2,1-2H3,(H,25,28). The molecule has 1 amide bonds. The molecule has 0 bridgehead atoms. The molecule has 0 aliphatic carbocycles. The number of nitrogens with one attached hydrogen (secondary N) is 1. The van der Waals surface area contributed by atoms with Gasteiger partial charge in [-0.05, 0) is 19.8 Å². The number of hydrogen-bond donors (Lipinski definition) is 1. The number of amides is 1. The summed E-state index contributed by atoms with van der Waals surface area (Å²) in [7, 11) is 1.69. The van der Waals surface area contributed by atoms with Crippen LogP contribution in [0, 0.1) is 6.92 Å². The number of carbonyl (C=O) groups excluding carboxylic acids is 1. The third-order valence-electron chi connectivity index (χ3n) is 5.07. The summed E-state index contributed by atoms with van der Waals surface area (Å²) >= 11 is 0. The smallest absolute Gasteiger partial charge is 0.219 e. The Balaban J connectivity index is 1.77. The van der Waals surface area contributed by atoms with E-state index in [1.165, 1.54) is 11.3 Å². The van der Waals surface area contributed by atoms with E-state index in [1.807, 2.05) is 12.1 Å². The fourth-order valence-corrected chi connectivity index (χ4v) is 3.56. The van der Waals surface area contributed by atoms with E-state index in [0.717, 1.165) is 49.3 Å². The predicted molar refractivity (Wildman–Crippen MR) is 115 cm³/mol. The molecule has 0 unspecified atom stereocenters. The Morgan fingerprint density at radius 3 is 2.14 bits per heavy atom. The van der Waals surface area contributed by atoms with Crippen LogP contribution in [0.1, 0.15) is 37.9 Å². The second kappa shape index (κ2) is 9.88. The van der Waals surface area contributed by atoms with Gasteiger partial charge in [-0.25, -0.2) is 4.98 Å². The minimum Gasteiger partial charge on any atom is -0.359 e. The van der Waals surface area contributed by atoms with Crippen LogP contribution in [0.5, 0.6) is 0 Å². The molecule has 3 rings (SSSR count). The topological polar surface area (TPSA) is 46.9 Å². The Bertz CT molecular complexity index is 885. The number of benzene rings is 2. The van der Waals surface area contributed by atoms with Gasteiger partial charge in [-0.1, -0.05) is 73.5 Å². The lowest BCUT2D eigenvalue weighted by atomic mass is 10.0. The van der Waals surface area contributed by atoms with E-state index in [1.54, 1.807) is 7.05 Å². The van der Waals surface area contributed by atoms with Gasteiger partial charge in [-0.15, -0.1) is 0 Å². The maximum atomic E-state index is 11.3. The van der Waals surface area contributed by atoms with E-state index in [9.17, 15) is 4.79 Å². The van der Waals surface area contributed by atoms with E-state index in [2.05, 4.69) is 65.3 Å². The van der Waals surface area contributed by atoms with E-state index < -0.39 is 0 Å². The van der Waals surface area contributed by atoms with E-state index in [-0.39, 0.29) is 5.91 Å². The Morgan fingerprint density at radius 2 is 1.50 bits per heavy atom. The minimum atomic E-state index is 0.129. The summed E-state index contributed by atoms with van der Waals surface area (Å²) in [5.74, 6) is 1.17. The molecule has 0 atom stereocenters. The van der Waals surface area contributed by atoms with Crippen molar-refractivity contribution in [1.29, 1.82) is 0 Å². The van der Waals surface area contributed by atoms with Crippen LogP contribution >= 0.6 is 0 Å². The number of nitrogens with zero attached hydrogens (tertiary/aromatic N) is 2. The zero-order valence-electron chi connectivity index (χ0n) is 16.8. The van der Waals surface area contributed by atoms with Gasteiger partial charge < -0.3 is 9.88 Å². The summed E-state index contributed by atoms with van der Waals surface area (Å²) in [5.41, 5.74) is 4.58. The van der Waals surface area contributed by atoms with Crippen molar-refractivity contribution >= 4 is 5.91 Å². The molecular formula is C24H29N3O. The first-order valence-corrected chi connectivity index (χ1v) is 10.1. The largest absolute Gasteiger partial charge is 0.359 e. The van der Waals surface area contributed by atoms with Crippen LogP contribution in [-0.2, 0) is 11.3 Å². The first kappa shape index (κ1) is 19.9. The van der Waals surface area contributed by atoms with Gasteiger partial charge in [0.15, 0.2) is 0 Å². The lowest BCUT2D eigenvalue weighted by Gasteiger charge is -2.12. The lowest BCUT2D eigenvalue weighted by Crippen LogP contribution is -2.16. The van der Waals surface area contributed by atoms with E-state index in [4.69, 9.17) is 4.98 Å². The molecule has 4 nitrogen and oxygen atoms in total. The third-order valence-corrected chi connectivity index (χ3v) is 5.07. The van der Waals surface area contributed by atoms with Crippen molar-refractivity contribution in [2.45, 2.75) is 45.6 Å². The molecule has 0 fully saturated rings. The number of aryl methyl sites for hydroxylation is 1. The van der Waals surface area contributed by atoms with Gasteiger partial charge in [0.2, 0.25) is 5.91 Å². The van der Waals surface area contributed by atoms with Gasteiger partial charge in [-0.2, -0.15) is 0 Å². The van der Waals surface area contributed by atoms with Crippen molar-refractivity contribution in [2.75, 3.05) is 7.05 Å². The molecular weight excluding hydrogens is 346 g/mol. The second-order valence-corrected chi connectivity index (χ2v) is 7.08. The maximum absolute atomic E-state index is 11.3. The third kappa shape index (κ3) is 4.89. The lowest BCUT2D eigenvalue weighted by molar-refractivity contribution is -0.120. The Labute approximate surface area is 167 Å². The molecule has 0 spiro atoms. The normalized spacial score (nSPS) is 10.8. The van der Waals surface area contributed by atoms with Gasteiger partial charge in [0.05, 0.1) is 11.4 Å². The molecule has 1 N–H and O–H groups in total. The minimum absolute atomic E-state index is 0.129. The van der Waals surface area contributed by atoms with E-state index >= 15 is 0 Å². The zero-order valence-corrected chi connectivity index (χ0v) is 16.8. The fourth-order valence-electron chi connectivity index (χ4n) is 3.56. The summed E-state index contributed by atoms with van der Waals surface area (Å²) in [5, 5.41) is 2.68. The first-order valence-electron chi connectivity index (χ1n) is 10.1. The van der Waals surface area contributed by atoms with Gasteiger partial charge in [0.25, 0.3) is 0 Å². The molecule has 0 aliphatic rings. The Morgan fingerprint density at radius 1 is 0.893 bits per heavy atom. The number of unbranched alkanes of at least 4 members (excludes halogenated alkanes) is 3. The highest BCUT2D eigenvalue weighted by atomic mass is 16.1. The average molecular weight is 376 g/mol. The van der Waals surface area contributed by atoms with Crippen LogP contribution in [0.2, 0.25) is 0 Å². The van der Waals surface area contributed by atoms with Gasteiger partial charge in [0.1, 0.15) is 5.82 Å². The first-order chi connectivity index (χ1) is 13.7. The van der Waals surface area contributed by atoms with Crippen molar-refractivity contribution in [3.05, 3.63) is 66.5 Å². The number of hydrogen-bond acceptors (Lipinski definition) is 2. The monoisotopic (exact) mass is 375 g/mol. The second-order valence-electron chi connectivity index (χ2n) is 7.08. The molecule has 146 valence electrons. The number of imidazole rings is 1. The Hall–Kier alpha value is -2.88. The summed E-state index contributed by atoms with van der Waals surface area (Å²) in [6.45, 7) is 3.03. The molecule has 3 aromatic rings. The molecule has 0 aliphatic heterocycles. The summed E-state index contributed by atoms with van der Waals surface area (Å²) < 4.78 is 2.34. The van der Waals surface area contributed by atoms with Crippen LogP contribution in [0.25, 0.3) is 22.5 Å².